The average Bonchev–Trinajstić information content (AvgIpc) is 2.41. The van der Waals surface area contributed by atoms with Crippen LogP contribution < -0.4 is 10.1 Å². The van der Waals surface area contributed by atoms with Gasteiger partial charge >= 0.3 is 0 Å². The van der Waals surface area contributed by atoms with Crippen molar-refractivity contribution in [3.63, 3.8) is 0 Å². The zero-order valence-corrected chi connectivity index (χ0v) is 12.4. The first-order valence-electron chi connectivity index (χ1n) is 5.66. The summed E-state index contributed by atoms with van der Waals surface area (Å²) in [6, 6.07) is 16.1. The molecular weight excluding hydrogens is 321 g/mol. The summed E-state index contributed by atoms with van der Waals surface area (Å²) in [5.74, 6) is 0.660. The van der Waals surface area contributed by atoms with Crippen LogP contribution >= 0.6 is 34.8 Å². The molecule has 0 aliphatic rings. The van der Waals surface area contributed by atoms with Gasteiger partial charge in [0.05, 0.1) is 0 Å². The van der Waals surface area contributed by atoms with E-state index in [2.05, 4.69) is 5.32 Å². The second-order valence-electron chi connectivity index (χ2n) is 3.89. The number of para-hydroxylation sites is 1. The number of hydrogen-bond donors (Lipinski definition) is 1. The second-order valence-corrected chi connectivity index (χ2v) is 6.17. The lowest BCUT2D eigenvalue weighted by Crippen LogP contribution is -2.26. The molecule has 1 amide bonds. The number of halogens is 3. The minimum absolute atomic E-state index is 0.515. The molecule has 0 radical (unpaired) electrons. The van der Waals surface area contributed by atoms with Crippen molar-refractivity contribution in [2.45, 2.75) is 3.79 Å². The van der Waals surface area contributed by atoms with E-state index in [0.29, 0.717) is 11.4 Å². The molecule has 2 aromatic carbocycles. The molecule has 3 nitrogen and oxygen atoms in total. The lowest BCUT2D eigenvalue weighted by Gasteiger charge is -2.12. The third-order valence-corrected chi connectivity index (χ3v) is 2.86. The Morgan fingerprint density at radius 1 is 0.900 bits per heavy atom. The van der Waals surface area contributed by atoms with Crippen LogP contribution in [0.4, 0.5) is 5.69 Å². The fraction of sp³-hybridized carbons (Fsp3) is 0.0714. The van der Waals surface area contributed by atoms with Gasteiger partial charge in [0.2, 0.25) is 0 Å². The smallest absolute Gasteiger partial charge is 0.276 e. The number of benzene rings is 2. The van der Waals surface area contributed by atoms with Crippen molar-refractivity contribution in [3.8, 4) is 11.5 Å². The Morgan fingerprint density at radius 2 is 1.45 bits per heavy atom. The first kappa shape index (κ1) is 15.0. The van der Waals surface area contributed by atoms with Crippen LogP contribution in [0.1, 0.15) is 0 Å². The standard InChI is InChI=1S/C14H10Cl3NO2/c15-14(16,17)13(19)18-10-6-8-12(9-7-10)20-11-4-2-1-3-5-11/h1-9H,(H,18,19). The molecule has 2 aromatic rings. The molecule has 0 saturated carbocycles. The van der Waals surface area contributed by atoms with E-state index in [9.17, 15) is 4.79 Å². The van der Waals surface area contributed by atoms with E-state index in [1.807, 2.05) is 30.3 Å². The third kappa shape index (κ3) is 4.30. The van der Waals surface area contributed by atoms with Crippen LogP contribution in [-0.4, -0.2) is 9.70 Å². The molecule has 0 spiro atoms. The number of amides is 1. The average molecular weight is 331 g/mol. The molecule has 0 unspecified atom stereocenters. The summed E-state index contributed by atoms with van der Waals surface area (Å²) in [6.45, 7) is 0. The number of alkyl halides is 3. The van der Waals surface area contributed by atoms with Gasteiger partial charge in [0.1, 0.15) is 11.5 Å². The molecule has 0 aromatic heterocycles. The highest BCUT2D eigenvalue weighted by Crippen LogP contribution is 2.28. The molecule has 20 heavy (non-hydrogen) atoms. The van der Waals surface area contributed by atoms with Gasteiger partial charge in [-0.05, 0) is 36.4 Å². The highest BCUT2D eigenvalue weighted by Gasteiger charge is 2.30. The summed E-state index contributed by atoms with van der Waals surface area (Å²) in [4.78, 5) is 11.5. The molecule has 1 N–H and O–H groups in total. The number of ether oxygens (including phenoxy) is 1. The maximum atomic E-state index is 11.5. The predicted octanol–water partition coefficient (Wildman–Crippen LogP) is 4.79. The zero-order chi connectivity index (χ0) is 14.6. The predicted molar refractivity (Wildman–Crippen MR) is 81.9 cm³/mol. The van der Waals surface area contributed by atoms with Gasteiger partial charge < -0.3 is 10.1 Å². The van der Waals surface area contributed by atoms with Crippen LogP contribution in [0.15, 0.2) is 54.6 Å². The van der Waals surface area contributed by atoms with Crippen molar-refractivity contribution in [1.29, 1.82) is 0 Å². The molecule has 0 fully saturated rings. The molecule has 2 rings (SSSR count). The van der Waals surface area contributed by atoms with E-state index in [-0.39, 0.29) is 0 Å². The first-order valence-corrected chi connectivity index (χ1v) is 6.80. The molecule has 0 aliphatic carbocycles. The minimum atomic E-state index is -1.99. The third-order valence-electron chi connectivity index (χ3n) is 2.35. The van der Waals surface area contributed by atoms with Crippen molar-refractivity contribution < 1.29 is 9.53 Å². The molecule has 0 saturated heterocycles. The molecule has 0 heterocycles. The van der Waals surface area contributed by atoms with Gasteiger partial charge in [-0.2, -0.15) is 0 Å². The number of carbonyl (C=O) groups is 1. The Hall–Kier alpha value is -1.42. The highest BCUT2D eigenvalue weighted by molar-refractivity contribution is 6.76. The summed E-state index contributed by atoms with van der Waals surface area (Å²) in [7, 11) is 0. The van der Waals surface area contributed by atoms with E-state index < -0.39 is 9.70 Å². The van der Waals surface area contributed by atoms with Gasteiger partial charge in [-0.15, -0.1) is 0 Å². The molecule has 104 valence electrons. The van der Waals surface area contributed by atoms with Crippen LogP contribution in [0.2, 0.25) is 0 Å². The summed E-state index contributed by atoms with van der Waals surface area (Å²) >= 11 is 16.4. The second kappa shape index (κ2) is 6.35. The van der Waals surface area contributed by atoms with Gasteiger partial charge in [0, 0.05) is 5.69 Å². The number of nitrogens with one attached hydrogen (secondary N) is 1. The summed E-state index contributed by atoms with van der Waals surface area (Å²) in [5.41, 5.74) is 0.515. The fourth-order valence-electron chi connectivity index (χ4n) is 1.43. The van der Waals surface area contributed by atoms with E-state index in [0.717, 1.165) is 5.75 Å². The molecular formula is C14H10Cl3NO2. The first-order chi connectivity index (χ1) is 9.45. The van der Waals surface area contributed by atoms with Crippen LogP contribution in [0.5, 0.6) is 11.5 Å². The van der Waals surface area contributed by atoms with E-state index >= 15 is 0 Å². The molecule has 0 atom stereocenters. The minimum Gasteiger partial charge on any atom is -0.457 e. The monoisotopic (exact) mass is 329 g/mol. The van der Waals surface area contributed by atoms with E-state index in [1.165, 1.54) is 0 Å². The maximum absolute atomic E-state index is 11.5. The Morgan fingerprint density at radius 3 is 2.00 bits per heavy atom. The number of carbonyl (C=O) groups excluding carboxylic acids is 1. The molecule has 0 aliphatic heterocycles. The summed E-state index contributed by atoms with van der Waals surface area (Å²) in [5, 5.41) is 2.48. The summed E-state index contributed by atoms with van der Waals surface area (Å²) < 4.78 is 3.63. The van der Waals surface area contributed by atoms with Crippen molar-refractivity contribution in [3.05, 3.63) is 54.6 Å². The van der Waals surface area contributed by atoms with Crippen molar-refractivity contribution in [2.24, 2.45) is 0 Å². The largest absolute Gasteiger partial charge is 0.457 e. The van der Waals surface area contributed by atoms with Crippen molar-refractivity contribution in [2.75, 3.05) is 5.32 Å². The molecule has 0 bridgehead atoms. The Kier molecular flexibility index (Phi) is 4.76. The van der Waals surface area contributed by atoms with Crippen LogP contribution in [0.25, 0.3) is 0 Å². The lowest BCUT2D eigenvalue weighted by atomic mass is 10.3. The van der Waals surface area contributed by atoms with Crippen molar-refractivity contribution >= 4 is 46.4 Å². The Bertz CT molecular complexity index is 580. The normalized spacial score (nSPS) is 10.9. The Balaban J connectivity index is 2.02. The van der Waals surface area contributed by atoms with Gasteiger partial charge in [-0.1, -0.05) is 53.0 Å². The van der Waals surface area contributed by atoms with Crippen molar-refractivity contribution in [1.82, 2.24) is 0 Å². The van der Waals surface area contributed by atoms with Gasteiger partial charge in [0.25, 0.3) is 9.70 Å². The fourth-order valence-corrected chi connectivity index (χ4v) is 1.57. The van der Waals surface area contributed by atoms with Crippen LogP contribution in [0.3, 0.4) is 0 Å². The van der Waals surface area contributed by atoms with Crippen LogP contribution in [0, 0.1) is 0 Å². The quantitative estimate of drug-likeness (QED) is 0.822. The zero-order valence-electron chi connectivity index (χ0n) is 10.1. The number of rotatable bonds is 3. The number of anilines is 1. The van der Waals surface area contributed by atoms with Gasteiger partial charge in [-0.3, -0.25) is 4.79 Å². The summed E-state index contributed by atoms with van der Waals surface area (Å²) in [6.07, 6.45) is 0. The van der Waals surface area contributed by atoms with E-state index in [4.69, 9.17) is 39.5 Å². The van der Waals surface area contributed by atoms with Gasteiger partial charge in [0.15, 0.2) is 0 Å². The Labute approximate surface area is 131 Å². The molecule has 6 heteroatoms. The topological polar surface area (TPSA) is 38.3 Å². The highest BCUT2D eigenvalue weighted by atomic mass is 35.6. The SMILES string of the molecule is O=C(Nc1ccc(Oc2ccccc2)cc1)C(Cl)(Cl)Cl. The number of hydrogen-bond acceptors (Lipinski definition) is 2. The van der Waals surface area contributed by atoms with Crippen LogP contribution in [-0.2, 0) is 4.79 Å². The van der Waals surface area contributed by atoms with Gasteiger partial charge in [-0.25, -0.2) is 0 Å². The lowest BCUT2D eigenvalue weighted by molar-refractivity contribution is -0.115. The van der Waals surface area contributed by atoms with E-state index in [1.54, 1.807) is 24.3 Å². The maximum Gasteiger partial charge on any atom is 0.276 e.